The van der Waals surface area contributed by atoms with Gasteiger partial charge >= 0.3 is 0 Å². The molecule has 0 amide bonds. The summed E-state index contributed by atoms with van der Waals surface area (Å²) in [5.74, 6) is 1.83. The van der Waals surface area contributed by atoms with Crippen molar-refractivity contribution in [2.75, 3.05) is 13.2 Å². The van der Waals surface area contributed by atoms with E-state index < -0.39 is 0 Å². The molecule has 0 aliphatic rings. The Hall–Kier alpha value is -2.04. The third kappa shape index (κ3) is 3.55. The van der Waals surface area contributed by atoms with Gasteiger partial charge in [0.25, 0.3) is 0 Å². The maximum Gasteiger partial charge on any atom is 0.119 e. The van der Waals surface area contributed by atoms with Crippen molar-refractivity contribution in [2.45, 2.75) is 26.8 Å². The minimum Gasteiger partial charge on any atom is -0.492 e. The molecule has 0 atom stereocenters. The number of aromatic nitrogens is 2. The van der Waals surface area contributed by atoms with Crippen molar-refractivity contribution in [1.82, 2.24) is 9.55 Å². The van der Waals surface area contributed by atoms with Crippen LogP contribution in [-0.4, -0.2) is 22.7 Å². The van der Waals surface area contributed by atoms with E-state index >= 15 is 0 Å². The van der Waals surface area contributed by atoms with Gasteiger partial charge in [-0.25, -0.2) is 4.98 Å². The number of nitrogens with zero attached hydrogens (tertiary/aromatic N) is 2. The Morgan fingerprint density at radius 3 is 2.54 bits per heavy atom. The zero-order valence-electron chi connectivity index (χ0n) is 14.1. The van der Waals surface area contributed by atoms with Gasteiger partial charge in [-0.3, -0.25) is 0 Å². The molecule has 0 saturated heterocycles. The maximum atomic E-state index is 5.90. The molecule has 0 aliphatic carbocycles. The monoisotopic (exact) mass is 343 g/mol. The summed E-state index contributed by atoms with van der Waals surface area (Å²) in [7, 11) is 0. The Morgan fingerprint density at radius 2 is 1.83 bits per heavy atom. The van der Waals surface area contributed by atoms with Gasteiger partial charge in [0.1, 0.15) is 18.2 Å². The van der Waals surface area contributed by atoms with Gasteiger partial charge in [-0.2, -0.15) is 0 Å². The summed E-state index contributed by atoms with van der Waals surface area (Å²) >= 11 is 5.90. The van der Waals surface area contributed by atoms with E-state index in [0.717, 1.165) is 35.6 Å². The lowest BCUT2D eigenvalue weighted by Gasteiger charge is -2.11. The molecule has 4 nitrogen and oxygen atoms in total. The summed E-state index contributed by atoms with van der Waals surface area (Å²) in [6.45, 7) is 6.12. The first kappa shape index (κ1) is 16.8. The smallest absolute Gasteiger partial charge is 0.119 e. The Labute approximate surface area is 147 Å². The van der Waals surface area contributed by atoms with E-state index in [-0.39, 0.29) is 0 Å². The highest BCUT2D eigenvalue weighted by Gasteiger charge is 2.11. The summed E-state index contributed by atoms with van der Waals surface area (Å²) in [6, 6.07) is 11.7. The highest BCUT2D eigenvalue weighted by atomic mass is 35.5. The van der Waals surface area contributed by atoms with E-state index in [2.05, 4.69) is 30.5 Å². The fraction of sp³-hybridized carbons (Fsp3) is 0.316. The quantitative estimate of drug-likeness (QED) is 0.738. The molecule has 0 radical (unpaired) electrons. The first-order valence-corrected chi connectivity index (χ1v) is 8.51. The third-order valence-electron chi connectivity index (χ3n) is 4.21. The van der Waals surface area contributed by atoms with Gasteiger partial charge in [0.15, 0.2) is 0 Å². The van der Waals surface area contributed by atoms with Crippen LogP contribution < -0.4 is 10.5 Å². The van der Waals surface area contributed by atoms with Gasteiger partial charge in [0.05, 0.1) is 17.6 Å². The minimum absolute atomic E-state index is 0.567. The van der Waals surface area contributed by atoms with Crippen LogP contribution in [0.1, 0.15) is 17.0 Å². The van der Waals surface area contributed by atoms with Crippen molar-refractivity contribution in [1.29, 1.82) is 0 Å². The predicted octanol–water partition coefficient (Wildman–Crippen LogP) is 3.89. The normalized spacial score (nSPS) is 11.2. The Balaban J connectivity index is 1.82. The zero-order valence-corrected chi connectivity index (χ0v) is 14.8. The number of halogens is 1. The number of rotatable bonds is 6. The number of ether oxygens (including phenoxy) is 1. The van der Waals surface area contributed by atoms with Gasteiger partial charge in [-0.05, 0) is 67.9 Å². The zero-order chi connectivity index (χ0) is 17.1. The molecule has 1 heterocycles. The number of aryl methyl sites for hydroxylation is 2. The van der Waals surface area contributed by atoms with Crippen molar-refractivity contribution in [2.24, 2.45) is 5.73 Å². The number of nitrogens with two attached hydrogens (primary N) is 1. The lowest BCUT2D eigenvalue weighted by molar-refractivity contribution is 0.298. The molecule has 126 valence electrons. The first-order chi connectivity index (χ1) is 11.6. The van der Waals surface area contributed by atoms with Gasteiger partial charge in [-0.1, -0.05) is 11.6 Å². The third-order valence-corrected chi connectivity index (χ3v) is 4.46. The number of hydrogen-bond donors (Lipinski definition) is 1. The number of hydrogen-bond acceptors (Lipinski definition) is 3. The number of benzene rings is 2. The van der Waals surface area contributed by atoms with Crippen LogP contribution >= 0.6 is 11.6 Å². The maximum absolute atomic E-state index is 5.90. The fourth-order valence-corrected chi connectivity index (χ4v) is 2.91. The van der Waals surface area contributed by atoms with Gasteiger partial charge in [0, 0.05) is 11.4 Å². The minimum atomic E-state index is 0.567. The second-order valence-electron chi connectivity index (χ2n) is 5.95. The summed E-state index contributed by atoms with van der Waals surface area (Å²) in [5.41, 5.74) is 10.4. The average Bonchev–Trinajstić information content (AvgIpc) is 2.87. The highest BCUT2D eigenvalue weighted by Crippen LogP contribution is 2.21. The molecule has 0 bridgehead atoms. The molecule has 0 spiro atoms. The summed E-state index contributed by atoms with van der Waals surface area (Å²) in [5, 5.41) is 0.707. The SMILES string of the molecule is Cc1cc2nc(CCN)n(CCOc3ccc(Cl)cc3)c2cc1C. The van der Waals surface area contributed by atoms with Crippen LogP contribution in [-0.2, 0) is 13.0 Å². The largest absolute Gasteiger partial charge is 0.492 e. The fourth-order valence-electron chi connectivity index (χ4n) is 2.78. The molecule has 0 unspecified atom stereocenters. The van der Waals surface area contributed by atoms with Crippen molar-refractivity contribution in [3.8, 4) is 5.75 Å². The van der Waals surface area contributed by atoms with Crippen LogP contribution in [0.4, 0.5) is 0 Å². The molecule has 2 N–H and O–H groups in total. The predicted molar refractivity (Wildman–Crippen MR) is 98.9 cm³/mol. The molecule has 2 aromatic carbocycles. The molecular formula is C19H22ClN3O. The van der Waals surface area contributed by atoms with Crippen LogP contribution in [0.25, 0.3) is 11.0 Å². The number of fused-ring (bicyclic) bond motifs is 1. The molecule has 0 fully saturated rings. The molecule has 3 aromatic rings. The van der Waals surface area contributed by atoms with Crippen LogP contribution in [0.2, 0.25) is 5.02 Å². The molecule has 0 aliphatic heterocycles. The molecule has 3 rings (SSSR count). The van der Waals surface area contributed by atoms with Gasteiger partial charge < -0.3 is 15.0 Å². The Morgan fingerprint density at radius 1 is 1.12 bits per heavy atom. The van der Waals surface area contributed by atoms with E-state index in [1.807, 2.05) is 24.3 Å². The molecule has 24 heavy (non-hydrogen) atoms. The van der Waals surface area contributed by atoms with Crippen molar-refractivity contribution < 1.29 is 4.74 Å². The second kappa shape index (κ2) is 7.24. The standard InChI is InChI=1S/C19H22ClN3O/c1-13-11-17-18(12-14(13)2)23(19(22-17)7-8-21)9-10-24-16-5-3-15(20)4-6-16/h3-6,11-12H,7-10,21H2,1-2H3. The first-order valence-electron chi connectivity index (χ1n) is 8.13. The van der Waals surface area contributed by atoms with Crippen molar-refractivity contribution in [3.05, 3.63) is 58.4 Å². The number of imidazole rings is 1. The van der Waals surface area contributed by atoms with Gasteiger partial charge in [0.2, 0.25) is 0 Å². The van der Waals surface area contributed by atoms with Gasteiger partial charge in [-0.15, -0.1) is 0 Å². The van der Waals surface area contributed by atoms with Crippen molar-refractivity contribution in [3.63, 3.8) is 0 Å². The van der Waals surface area contributed by atoms with E-state index in [4.69, 9.17) is 27.1 Å². The van der Waals surface area contributed by atoms with E-state index in [9.17, 15) is 0 Å². The topological polar surface area (TPSA) is 53.1 Å². The Kier molecular flexibility index (Phi) is 5.07. The molecule has 1 aromatic heterocycles. The van der Waals surface area contributed by atoms with Crippen LogP contribution in [0, 0.1) is 13.8 Å². The summed E-state index contributed by atoms with van der Waals surface area (Å²) < 4.78 is 8.04. The highest BCUT2D eigenvalue weighted by molar-refractivity contribution is 6.30. The van der Waals surface area contributed by atoms with E-state index in [1.54, 1.807) is 0 Å². The van der Waals surface area contributed by atoms with Crippen molar-refractivity contribution >= 4 is 22.6 Å². The van der Waals surface area contributed by atoms with E-state index in [0.29, 0.717) is 18.2 Å². The van der Waals surface area contributed by atoms with E-state index in [1.165, 1.54) is 11.1 Å². The lowest BCUT2D eigenvalue weighted by Crippen LogP contribution is -2.14. The molecule has 5 heteroatoms. The van der Waals surface area contributed by atoms with Crippen LogP contribution in [0.15, 0.2) is 36.4 Å². The van der Waals surface area contributed by atoms with Crippen LogP contribution in [0.3, 0.4) is 0 Å². The Bertz CT molecular complexity index is 840. The summed E-state index contributed by atoms with van der Waals surface area (Å²) in [6.07, 6.45) is 0.758. The molecular weight excluding hydrogens is 322 g/mol. The average molecular weight is 344 g/mol. The molecule has 0 saturated carbocycles. The lowest BCUT2D eigenvalue weighted by atomic mass is 10.1. The second-order valence-corrected chi connectivity index (χ2v) is 6.38. The van der Waals surface area contributed by atoms with Crippen LogP contribution in [0.5, 0.6) is 5.75 Å². The summed E-state index contributed by atoms with van der Waals surface area (Å²) in [4.78, 5) is 4.75.